The van der Waals surface area contributed by atoms with Gasteiger partial charge in [-0.05, 0) is 86.1 Å². The maximum absolute atomic E-state index is 5.98. The van der Waals surface area contributed by atoms with Crippen LogP contribution in [-0.2, 0) is 5.41 Å². The summed E-state index contributed by atoms with van der Waals surface area (Å²) in [4.78, 5) is 7.56. The molecular formula is C28H41N3O. The SMILES string of the molecule is CC(C)(C)c1[nH]oc2cc(C3CCC(CN4CCC(C(C)(C)C)CC4)C3)c3nccc3c12. The highest BCUT2D eigenvalue weighted by molar-refractivity contribution is 6.07. The van der Waals surface area contributed by atoms with Crippen molar-refractivity contribution in [3.63, 3.8) is 0 Å². The second kappa shape index (κ2) is 7.90. The zero-order valence-corrected chi connectivity index (χ0v) is 20.9. The minimum atomic E-state index is 0.00978. The van der Waals surface area contributed by atoms with Crippen molar-refractivity contribution in [1.82, 2.24) is 15.0 Å². The fourth-order valence-corrected chi connectivity index (χ4v) is 6.39. The van der Waals surface area contributed by atoms with Crippen LogP contribution in [0.4, 0.5) is 0 Å². The Morgan fingerprint density at radius 1 is 1.06 bits per heavy atom. The molecule has 1 N–H and O–H groups in total. The molecule has 0 bridgehead atoms. The molecule has 32 heavy (non-hydrogen) atoms. The van der Waals surface area contributed by atoms with Gasteiger partial charge in [0, 0.05) is 23.5 Å². The first-order chi connectivity index (χ1) is 15.1. The highest BCUT2D eigenvalue weighted by Crippen LogP contribution is 2.44. The molecule has 1 aromatic carbocycles. The van der Waals surface area contributed by atoms with E-state index in [9.17, 15) is 0 Å². The van der Waals surface area contributed by atoms with E-state index in [0.717, 1.165) is 17.4 Å². The van der Waals surface area contributed by atoms with Crippen LogP contribution in [0.15, 0.2) is 22.9 Å². The van der Waals surface area contributed by atoms with Gasteiger partial charge in [0.25, 0.3) is 0 Å². The zero-order valence-electron chi connectivity index (χ0n) is 20.9. The predicted octanol–water partition coefficient (Wildman–Crippen LogP) is 7.25. The summed E-state index contributed by atoms with van der Waals surface area (Å²) in [6, 6.07) is 4.46. The van der Waals surface area contributed by atoms with E-state index in [1.807, 2.05) is 6.20 Å². The number of hydrogen-bond acceptors (Lipinski definition) is 3. The first-order valence-electron chi connectivity index (χ1n) is 12.7. The molecule has 1 aliphatic carbocycles. The molecule has 1 saturated heterocycles. The summed E-state index contributed by atoms with van der Waals surface area (Å²) in [6.07, 6.45) is 8.58. The highest BCUT2D eigenvalue weighted by Gasteiger charge is 2.33. The summed E-state index contributed by atoms with van der Waals surface area (Å²) in [5, 5.41) is 5.68. The van der Waals surface area contributed by atoms with E-state index in [0.29, 0.717) is 11.3 Å². The van der Waals surface area contributed by atoms with Crippen molar-refractivity contribution in [3.8, 4) is 0 Å². The molecular weight excluding hydrogens is 394 g/mol. The number of likely N-dealkylation sites (tertiary alicyclic amines) is 1. The lowest BCUT2D eigenvalue weighted by molar-refractivity contribution is 0.101. The van der Waals surface area contributed by atoms with Gasteiger partial charge in [0.1, 0.15) is 0 Å². The number of nitrogens with one attached hydrogen (secondary N) is 1. The second-order valence-electron chi connectivity index (χ2n) is 12.7. The Bertz CT molecular complexity index is 1090. The Morgan fingerprint density at radius 3 is 2.50 bits per heavy atom. The Kier molecular flexibility index (Phi) is 5.43. The molecule has 2 aliphatic rings. The molecule has 2 unspecified atom stereocenters. The average molecular weight is 436 g/mol. The molecule has 174 valence electrons. The van der Waals surface area contributed by atoms with Crippen LogP contribution in [0.1, 0.15) is 90.8 Å². The van der Waals surface area contributed by atoms with Crippen LogP contribution in [0, 0.1) is 17.3 Å². The topological polar surface area (TPSA) is 45.1 Å². The van der Waals surface area contributed by atoms with Gasteiger partial charge in [-0.1, -0.05) is 41.5 Å². The van der Waals surface area contributed by atoms with Gasteiger partial charge in [-0.25, -0.2) is 5.16 Å². The Morgan fingerprint density at radius 2 is 1.81 bits per heavy atom. The number of nitrogens with zero attached hydrogens (tertiary/aromatic N) is 2. The van der Waals surface area contributed by atoms with Gasteiger partial charge in [-0.2, -0.15) is 0 Å². The molecule has 3 heterocycles. The van der Waals surface area contributed by atoms with Gasteiger partial charge in [-0.15, -0.1) is 0 Å². The standard InChI is InChI=1S/C28H41N3O/c1-27(2,3)20-10-13-31(14-11-20)17-18-7-8-19(15-18)22-16-23-24(21-9-12-29-25(21)22)26(30-32-23)28(4,5)6/h9,12,16,18-20,30H,7-8,10-11,13-15,17H2,1-6H3. The molecule has 3 aromatic rings. The van der Waals surface area contributed by atoms with E-state index in [1.54, 1.807) is 0 Å². The van der Waals surface area contributed by atoms with Crippen LogP contribution in [0.3, 0.4) is 0 Å². The molecule has 4 heteroatoms. The summed E-state index contributed by atoms with van der Waals surface area (Å²) in [5.74, 6) is 2.28. The Hall–Kier alpha value is -1.81. The lowest BCUT2D eigenvalue weighted by Gasteiger charge is -2.39. The fourth-order valence-electron chi connectivity index (χ4n) is 6.39. The number of piperidine rings is 1. The van der Waals surface area contributed by atoms with Crippen LogP contribution in [0.25, 0.3) is 21.9 Å². The molecule has 0 spiro atoms. The van der Waals surface area contributed by atoms with Gasteiger partial charge >= 0.3 is 0 Å². The molecule has 0 radical (unpaired) electrons. The number of aromatic nitrogens is 2. The van der Waals surface area contributed by atoms with Crippen molar-refractivity contribution in [1.29, 1.82) is 0 Å². The Balaban J connectivity index is 1.32. The summed E-state index contributed by atoms with van der Waals surface area (Å²) in [5.41, 5.74) is 5.20. The van der Waals surface area contributed by atoms with Crippen LogP contribution >= 0.6 is 0 Å². The minimum Gasteiger partial charge on any atom is -0.382 e. The lowest BCUT2D eigenvalue weighted by Crippen LogP contribution is -2.40. The number of H-pyrrole nitrogens is 1. The third kappa shape index (κ3) is 4.00. The quantitative estimate of drug-likeness (QED) is 0.471. The number of hydrogen-bond donors (Lipinski definition) is 1. The van der Waals surface area contributed by atoms with Crippen molar-refractivity contribution in [2.24, 2.45) is 17.3 Å². The predicted molar refractivity (Wildman–Crippen MR) is 133 cm³/mol. The molecule has 2 fully saturated rings. The van der Waals surface area contributed by atoms with Crippen molar-refractivity contribution in [2.75, 3.05) is 19.6 Å². The van der Waals surface area contributed by atoms with E-state index >= 15 is 0 Å². The third-order valence-corrected chi connectivity index (χ3v) is 8.35. The second-order valence-corrected chi connectivity index (χ2v) is 12.7. The summed E-state index contributed by atoms with van der Waals surface area (Å²) in [6.45, 7) is 17.8. The van der Waals surface area contributed by atoms with Crippen LogP contribution in [0.2, 0.25) is 0 Å². The van der Waals surface area contributed by atoms with Gasteiger partial charge in [0.15, 0.2) is 5.58 Å². The van der Waals surface area contributed by atoms with Gasteiger partial charge < -0.3 is 9.42 Å². The monoisotopic (exact) mass is 435 g/mol. The third-order valence-electron chi connectivity index (χ3n) is 8.35. The van der Waals surface area contributed by atoms with Crippen molar-refractivity contribution in [2.45, 2.75) is 85.0 Å². The van der Waals surface area contributed by atoms with E-state index in [1.165, 1.54) is 79.3 Å². The van der Waals surface area contributed by atoms with Crippen LogP contribution in [0.5, 0.6) is 0 Å². The van der Waals surface area contributed by atoms with Crippen molar-refractivity contribution in [3.05, 3.63) is 29.6 Å². The number of fused-ring (bicyclic) bond motifs is 3. The average Bonchev–Trinajstić information content (AvgIpc) is 3.45. The largest absolute Gasteiger partial charge is 0.382 e. The summed E-state index contributed by atoms with van der Waals surface area (Å²) >= 11 is 0. The molecule has 5 rings (SSSR count). The molecule has 4 nitrogen and oxygen atoms in total. The minimum absolute atomic E-state index is 0.00978. The number of aromatic amines is 1. The summed E-state index contributed by atoms with van der Waals surface area (Å²) in [7, 11) is 0. The fraction of sp³-hybridized carbons (Fsp3) is 0.679. The molecule has 1 aliphatic heterocycles. The van der Waals surface area contributed by atoms with Gasteiger partial charge in [0.05, 0.1) is 16.6 Å². The van der Waals surface area contributed by atoms with Crippen LogP contribution in [-0.4, -0.2) is 34.7 Å². The molecule has 2 aromatic heterocycles. The maximum Gasteiger partial charge on any atom is 0.165 e. The zero-order chi connectivity index (χ0) is 22.7. The van der Waals surface area contributed by atoms with Gasteiger partial charge in [0.2, 0.25) is 0 Å². The number of rotatable bonds is 3. The molecule has 0 amide bonds. The molecule has 1 saturated carbocycles. The maximum atomic E-state index is 5.98. The van der Waals surface area contributed by atoms with Gasteiger partial charge in [-0.3, -0.25) is 4.98 Å². The Labute approximate surface area is 193 Å². The smallest absolute Gasteiger partial charge is 0.165 e. The normalized spacial score (nSPS) is 24.2. The van der Waals surface area contributed by atoms with E-state index in [-0.39, 0.29) is 5.41 Å². The number of benzene rings is 1. The van der Waals surface area contributed by atoms with Crippen molar-refractivity contribution < 1.29 is 4.52 Å². The van der Waals surface area contributed by atoms with E-state index in [4.69, 9.17) is 9.51 Å². The van der Waals surface area contributed by atoms with E-state index < -0.39 is 0 Å². The molecule has 2 atom stereocenters. The summed E-state index contributed by atoms with van der Waals surface area (Å²) < 4.78 is 5.98. The first kappa shape index (κ1) is 22.0. The van der Waals surface area contributed by atoms with E-state index in [2.05, 4.69) is 63.7 Å². The first-order valence-corrected chi connectivity index (χ1v) is 12.7. The van der Waals surface area contributed by atoms with Crippen molar-refractivity contribution >= 4 is 21.9 Å². The highest BCUT2D eigenvalue weighted by atomic mass is 16.5. The lowest BCUT2D eigenvalue weighted by atomic mass is 9.75. The van der Waals surface area contributed by atoms with Crippen LogP contribution < -0.4 is 0 Å².